The van der Waals surface area contributed by atoms with Crippen LogP contribution in [0.25, 0.3) is 0 Å². The van der Waals surface area contributed by atoms with Crippen LogP contribution in [0, 0.1) is 10.8 Å². The lowest BCUT2D eigenvalue weighted by Gasteiger charge is -2.37. The molecule has 12 nitrogen and oxygen atoms in total. The fourth-order valence-electron chi connectivity index (χ4n) is 9.83. The maximum absolute atomic E-state index is 14.1. The van der Waals surface area contributed by atoms with E-state index in [0.717, 1.165) is 110 Å². The van der Waals surface area contributed by atoms with Gasteiger partial charge in [-0.2, -0.15) is 0 Å². The van der Waals surface area contributed by atoms with Crippen molar-refractivity contribution in [2.75, 3.05) is 61.1 Å². The lowest BCUT2D eigenvalue weighted by Crippen LogP contribution is -2.38. The Morgan fingerprint density at radius 2 is 0.878 bits per heavy atom. The molecule has 6 rings (SSSR count). The molecule has 0 radical (unpaired) electrons. The minimum absolute atomic E-state index is 0.0982. The summed E-state index contributed by atoms with van der Waals surface area (Å²) >= 11 is 2.96. The Morgan fingerprint density at radius 3 is 1.15 bits per heavy atom. The number of fused-ring (bicyclic) bond motifs is 2. The van der Waals surface area contributed by atoms with Gasteiger partial charge in [0.05, 0.1) is 69.2 Å². The molecule has 74 heavy (non-hydrogen) atoms. The highest BCUT2D eigenvalue weighted by Gasteiger charge is 2.44. The highest BCUT2D eigenvalue weighted by atomic mass is 32.2. The quantitative estimate of drug-likeness (QED) is 0.0372. The predicted octanol–water partition coefficient (Wildman–Crippen LogP) is 14.4. The molecule has 2 aliphatic rings. The lowest BCUT2D eigenvalue weighted by molar-refractivity contribution is -0.113. The van der Waals surface area contributed by atoms with Gasteiger partial charge in [0, 0.05) is 59.6 Å². The van der Waals surface area contributed by atoms with E-state index in [1.54, 1.807) is 26.4 Å². The summed E-state index contributed by atoms with van der Waals surface area (Å²) in [7, 11) is -4.00. The molecule has 4 aromatic rings. The van der Waals surface area contributed by atoms with Crippen molar-refractivity contribution in [2.45, 2.75) is 138 Å². The van der Waals surface area contributed by atoms with Gasteiger partial charge in [0.25, 0.3) is 0 Å². The molecular weight excluding hydrogens is 1010 g/mol. The van der Waals surface area contributed by atoms with E-state index >= 15 is 0 Å². The summed E-state index contributed by atoms with van der Waals surface area (Å²) < 4.78 is 78.5. The number of ketones is 2. The molecule has 0 spiro atoms. The highest BCUT2D eigenvalue weighted by Crippen LogP contribution is 2.50. The highest BCUT2D eigenvalue weighted by molar-refractivity contribution is 7.99. The molecule has 4 aromatic carbocycles. The van der Waals surface area contributed by atoms with Crippen LogP contribution in [0.4, 0.5) is 22.7 Å². The molecule has 0 atom stereocenters. The summed E-state index contributed by atoms with van der Waals surface area (Å²) in [6, 6.07) is 22.7. The van der Waals surface area contributed by atoms with Crippen molar-refractivity contribution in [3.05, 3.63) is 97.5 Å². The molecule has 0 unspecified atom stereocenters. The SMILES string of the molecule is CCCCC1(CCCC)CN(c2ccc(OC)cc2)c2cc(SC)c(O/C=C/C(C)=O)cc2S(=O)(=O)C1.CCCCC1(CCCC)CN(c2ccc(OC)cc2)c2cc(SC)c(O/C=C\C(C)=O)cc2S(=O)(=O)C1. The number of ether oxygens (including phenoxy) is 4. The molecule has 2 heterocycles. The molecule has 0 amide bonds. The molecule has 0 aromatic heterocycles. The zero-order valence-electron chi connectivity index (χ0n) is 45.2. The van der Waals surface area contributed by atoms with Gasteiger partial charge in [0.15, 0.2) is 31.2 Å². The molecule has 16 heteroatoms. The Morgan fingerprint density at radius 1 is 0.554 bits per heavy atom. The van der Waals surface area contributed by atoms with Crippen LogP contribution in [0.3, 0.4) is 0 Å². The minimum atomic E-state index is -3.64. The maximum atomic E-state index is 14.1. The van der Waals surface area contributed by atoms with Gasteiger partial charge in [-0.15, -0.1) is 23.5 Å². The number of benzene rings is 4. The fraction of sp³-hybridized carbons (Fsp3) is 0.483. The van der Waals surface area contributed by atoms with Crippen LogP contribution in [-0.2, 0) is 29.3 Å². The van der Waals surface area contributed by atoms with Crippen LogP contribution in [-0.4, -0.2) is 79.7 Å². The smallest absolute Gasteiger partial charge is 0.181 e. The number of rotatable bonds is 24. The minimum Gasteiger partial charge on any atom is -0.497 e. The van der Waals surface area contributed by atoms with E-state index in [4.69, 9.17) is 18.9 Å². The first-order valence-electron chi connectivity index (χ1n) is 25.8. The van der Waals surface area contributed by atoms with E-state index < -0.39 is 19.7 Å². The second-order valence-corrected chi connectivity index (χ2v) is 25.1. The second-order valence-electron chi connectivity index (χ2n) is 19.5. The number of hydrogen-bond donors (Lipinski definition) is 0. The number of nitrogens with zero attached hydrogens (tertiary/aromatic N) is 2. The van der Waals surface area contributed by atoms with Crippen molar-refractivity contribution in [1.82, 2.24) is 0 Å². The van der Waals surface area contributed by atoms with Crippen LogP contribution in [0.1, 0.15) is 119 Å². The van der Waals surface area contributed by atoms with Gasteiger partial charge in [-0.1, -0.05) is 79.1 Å². The first-order chi connectivity index (χ1) is 35.4. The van der Waals surface area contributed by atoms with Crippen molar-refractivity contribution in [3.8, 4) is 23.0 Å². The maximum Gasteiger partial charge on any atom is 0.181 e. The molecule has 0 saturated heterocycles. The first-order valence-corrected chi connectivity index (χ1v) is 31.5. The third-order valence-corrected chi connectivity index (χ3v) is 19.2. The molecular formula is C58H78N2O10S4. The van der Waals surface area contributed by atoms with Gasteiger partial charge in [-0.25, -0.2) is 16.8 Å². The van der Waals surface area contributed by atoms with E-state index in [2.05, 4.69) is 37.5 Å². The molecule has 0 N–H and O–H groups in total. The summed E-state index contributed by atoms with van der Waals surface area (Å²) in [4.78, 5) is 29.2. The van der Waals surface area contributed by atoms with Crippen molar-refractivity contribution in [2.24, 2.45) is 10.8 Å². The standard InChI is InChI=1S/2C29H39NO5S2/c2*1-6-8-15-29(16-9-7-2)20-30(23-10-12-24(34-4)13-11-23)25-18-27(36-5)26(35-17-14-22(3)31)19-28(25)37(32,33)21-29/h2*10-14,17-19H,6-9,15-16,20-21H2,1-5H3/b17-14+;17-14-. The Balaban J connectivity index is 0.000000274. The summed E-state index contributed by atoms with van der Waals surface area (Å²) in [6.45, 7) is 12.7. The number of anilines is 4. The zero-order chi connectivity index (χ0) is 54.1. The number of hydrogen-bond acceptors (Lipinski definition) is 14. The molecule has 0 aliphatic carbocycles. The van der Waals surface area contributed by atoms with Crippen LogP contribution in [0.15, 0.2) is 117 Å². The number of sulfone groups is 2. The normalized spacial score (nSPS) is 16.3. The number of thioether (sulfide) groups is 2. The Labute approximate surface area is 450 Å². The zero-order valence-corrected chi connectivity index (χ0v) is 48.4. The lowest BCUT2D eigenvalue weighted by atomic mass is 9.79. The molecule has 0 fully saturated rings. The van der Waals surface area contributed by atoms with E-state index in [0.29, 0.717) is 36.0 Å². The first kappa shape index (κ1) is 60.0. The number of carbonyl (C=O) groups excluding carboxylic acids is 2. The number of methoxy groups -OCH3 is 2. The average molecular weight is 1090 g/mol. The van der Waals surface area contributed by atoms with Crippen LogP contribution < -0.4 is 28.7 Å². The van der Waals surface area contributed by atoms with Crippen molar-refractivity contribution < 1.29 is 45.4 Å². The van der Waals surface area contributed by atoms with E-state index in [-0.39, 0.29) is 43.7 Å². The van der Waals surface area contributed by atoms with Crippen molar-refractivity contribution >= 4 is 77.5 Å². The Bertz CT molecular complexity index is 2590. The number of unbranched alkanes of at least 4 members (excludes halogenated alkanes) is 4. The van der Waals surface area contributed by atoms with E-state index in [1.165, 1.54) is 62.0 Å². The van der Waals surface area contributed by atoms with Gasteiger partial charge in [-0.05, 0) is 113 Å². The van der Waals surface area contributed by atoms with Gasteiger partial charge in [0.2, 0.25) is 0 Å². The summed E-state index contributed by atoms with van der Waals surface area (Å²) in [5, 5.41) is 0. The summed E-state index contributed by atoms with van der Waals surface area (Å²) in [5.74, 6) is 2.27. The second kappa shape index (κ2) is 27.8. The largest absolute Gasteiger partial charge is 0.497 e. The van der Waals surface area contributed by atoms with E-state index in [1.807, 2.05) is 73.2 Å². The molecule has 2 aliphatic heterocycles. The van der Waals surface area contributed by atoms with Gasteiger partial charge in [-0.3, -0.25) is 9.59 Å². The van der Waals surface area contributed by atoms with Crippen LogP contribution in [0.2, 0.25) is 0 Å². The van der Waals surface area contributed by atoms with Gasteiger partial charge >= 0.3 is 0 Å². The van der Waals surface area contributed by atoms with Gasteiger partial charge in [0.1, 0.15) is 23.0 Å². The van der Waals surface area contributed by atoms with Crippen molar-refractivity contribution in [1.29, 1.82) is 0 Å². The summed E-state index contributed by atoms with van der Waals surface area (Å²) in [6.07, 6.45) is 20.5. The molecule has 0 bridgehead atoms. The predicted molar refractivity (Wildman–Crippen MR) is 304 cm³/mol. The Hall–Kier alpha value is -4.90. The molecule has 0 saturated carbocycles. The van der Waals surface area contributed by atoms with E-state index in [9.17, 15) is 26.4 Å². The fourth-order valence-corrected chi connectivity index (χ4v) is 15.1. The topological polar surface area (TPSA) is 146 Å². The monoisotopic (exact) mass is 1090 g/mol. The summed E-state index contributed by atoms with van der Waals surface area (Å²) in [5.41, 5.74) is 2.42. The molecule has 404 valence electrons. The van der Waals surface area contributed by atoms with Crippen LogP contribution >= 0.6 is 23.5 Å². The third-order valence-electron chi connectivity index (χ3n) is 13.7. The third kappa shape index (κ3) is 15.6. The average Bonchev–Trinajstić information content (AvgIpc) is 3.54. The number of allylic oxidation sites excluding steroid dienone is 2. The van der Waals surface area contributed by atoms with Gasteiger partial charge < -0.3 is 28.7 Å². The van der Waals surface area contributed by atoms with Crippen LogP contribution in [0.5, 0.6) is 23.0 Å². The van der Waals surface area contributed by atoms with Crippen molar-refractivity contribution in [3.63, 3.8) is 0 Å². The Kier molecular flexibility index (Phi) is 22.5. The number of carbonyl (C=O) groups is 2.